The maximum absolute atomic E-state index is 3.76. The highest BCUT2D eigenvalue weighted by Crippen LogP contribution is 2.08. The Balaban J connectivity index is 0.00000112. The summed E-state index contributed by atoms with van der Waals surface area (Å²) >= 11 is 0. The molecule has 15 heavy (non-hydrogen) atoms. The van der Waals surface area contributed by atoms with E-state index >= 15 is 0 Å². The van der Waals surface area contributed by atoms with Crippen LogP contribution in [0.15, 0.2) is 10.2 Å². The zero-order valence-corrected chi connectivity index (χ0v) is 7.97. The van der Waals surface area contributed by atoms with Gasteiger partial charge >= 0.3 is 0 Å². The van der Waals surface area contributed by atoms with Crippen LogP contribution in [0.25, 0.3) is 0 Å². The van der Waals surface area contributed by atoms with Crippen molar-refractivity contribution in [3.63, 3.8) is 0 Å². The smallest absolute Gasteiger partial charge is 0.287 e. The lowest BCUT2D eigenvalue weighted by molar-refractivity contribution is 0.702. The van der Waals surface area contributed by atoms with Gasteiger partial charge in [0.1, 0.15) is 0 Å². The van der Waals surface area contributed by atoms with Gasteiger partial charge in [-0.15, -0.1) is 10.2 Å². The molecular formula is C4H8N10O. The molecule has 0 aliphatic rings. The van der Waals surface area contributed by atoms with E-state index in [4.69, 9.17) is 0 Å². The van der Waals surface area contributed by atoms with Crippen molar-refractivity contribution in [2.24, 2.45) is 24.3 Å². The first kappa shape index (κ1) is 10.8. The minimum absolute atomic E-state index is 0. The third-order valence-corrected chi connectivity index (χ3v) is 1.42. The van der Waals surface area contributed by atoms with E-state index < -0.39 is 0 Å². The Morgan fingerprint density at radius 1 is 0.867 bits per heavy atom. The first-order valence-electron chi connectivity index (χ1n) is 3.64. The SMILES string of the molecule is Cn1nnnc1N=Nc1nnnn1C.O. The van der Waals surface area contributed by atoms with Crippen molar-refractivity contribution >= 4 is 11.9 Å². The van der Waals surface area contributed by atoms with Crippen LogP contribution in [0.5, 0.6) is 0 Å². The summed E-state index contributed by atoms with van der Waals surface area (Å²) in [6.45, 7) is 0. The van der Waals surface area contributed by atoms with Gasteiger partial charge in [-0.25, -0.2) is 9.36 Å². The molecule has 2 N–H and O–H groups in total. The van der Waals surface area contributed by atoms with E-state index in [0.29, 0.717) is 0 Å². The Bertz CT molecular complexity index is 413. The second-order valence-electron chi connectivity index (χ2n) is 2.40. The van der Waals surface area contributed by atoms with Crippen LogP contribution < -0.4 is 0 Å². The molecule has 0 atom stereocenters. The lowest BCUT2D eigenvalue weighted by Gasteiger charge is -1.88. The zero-order chi connectivity index (χ0) is 9.97. The second kappa shape index (κ2) is 4.28. The maximum atomic E-state index is 3.76. The highest BCUT2D eigenvalue weighted by atomic mass is 16.0. The standard InChI is InChI=1S/C4H6N10.H2O/c1-13-3(7-9-11-13)5-6-4-8-10-12-14(4)2;/h1-2H3;1H2. The summed E-state index contributed by atoms with van der Waals surface area (Å²) in [4.78, 5) is 0. The fourth-order valence-corrected chi connectivity index (χ4v) is 0.708. The second-order valence-corrected chi connectivity index (χ2v) is 2.40. The fourth-order valence-electron chi connectivity index (χ4n) is 0.708. The topological polar surface area (TPSA) is 143 Å². The van der Waals surface area contributed by atoms with Gasteiger partial charge in [-0.2, -0.15) is 0 Å². The van der Waals surface area contributed by atoms with Crippen molar-refractivity contribution in [3.05, 3.63) is 0 Å². The summed E-state index contributed by atoms with van der Waals surface area (Å²) in [7, 11) is 3.31. The Morgan fingerprint density at radius 3 is 1.53 bits per heavy atom. The molecule has 2 aromatic rings. The summed E-state index contributed by atoms with van der Waals surface area (Å²) < 4.78 is 2.76. The molecular weight excluding hydrogens is 204 g/mol. The molecule has 80 valence electrons. The van der Waals surface area contributed by atoms with E-state index in [0.717, 1.165) is 0 Å². The van der Waals surface area contributed by atoms with E-state index in [2.05, 4.69) is 41.3 Å². The van der Waals surface area contributed by atoms with Crippen molar-refractivity contribution in [1.82, 2.24) is 40.4 Å². The highest BCUT2D eigenvalue weighted by molar-refractivity contribution is 5.13. The lowest BCUT2D eigenvalue weighted by atomic mass is 11.0. The summed E-state index contributed by atoms with van der Waals surface area (Å²) in [5.41, 5.74) is 0. The van der Waals surface area contributed by atoms with Gasteiger partial charge in [-0.3, -0.25) is 0 Å². The van der Waals surface area contributed by atoms with E-state index in [1.165, 1.54) is 9.36 Å². The molecule has 0 aliphatic heterocycles. The first-order chi connectivity index (χ1) is 6.77. The minimum Gasteiger partial charge on any atom is -0.412 e. The fraction of sp³-hybridized carbons (Fsp3) is 0.500. The van der Waals surface area contributed by atoms with Crippen LogP contribution in [0, 0.1) is 0 Å². The molecule has 0 saturated carbocycles. The van der Waals surface area contributed by atoms with Gasteiger partial charge in [-0.05, 0) is 20.9 Å². The Labute approximate surface area is 83.1 Å². The van der Waals surface area contributed by atoms with Crippen molar-refractivity contribution < 1.29 is 5.48 Å². The number of aromatic nitrogens is 8. The quantitative estimate of drug-likeness (QED) is 0.544. The van der Waals surface area contributed by atoms with Crippen molar-refractivity contribution in [1.29, 1.82) is 0 Å². The van der Waals surface area contributed by atoms with Gasteiger partial charge < -0.3 is 5.48 Å². The van der Waals surface area contributed by atoms with Crippen LogP contribution in [-0.2, 0) is 14.1 Å². The van der Waals surface area contributed by atoms with Gasteiger partial charge in [0, 0.05) is 14.1 Å². The van der Waals surface area contributed by atoms with Crippen LogP contribution in [0.1, 0.15) is 0 Å². The summed E-state index contributed by atoms with van der Waals surface area (Å²) in [6.07, 6.45) is 0. The van der Waals surface area contributed by atoms with Gasteiger partial charge in [-0.1, -0.05) is 10.2 Å². The monoisotopic (exact) mass is 212 g/mol. The average molecular weight is 212 g/mol. The van der Waals surface area contributed by atoms with Crippen LogP contribution in [-0.4, -0.2) is 45.9 Å². The number of rotatable bonds is 2. The Morgan fingerprint density at radius 2 is 1.27 bits per heavy atom. The van der Waals surface area contributed by atoms with Gasteiger partial charge in [0.15, 0.2) is 0 Å². The predicted molar refractivity (Wildman–Crippen MR) is 45.4 cm³/mol. The molecule has 0 radical (unpaired) electrons. The summed E-state index contributed by atoms with van der Waals surface area (Å²) in [5.74, 6) is 0.570. The van der Waals surface area contributed by atoms with E-state index in [-0.39, 0.29) is 17.4 Å². The number of azo groups is 1. The molecule has 0 bridgehead atoms. The number of hydrogen-bond donors (Lipinski definition) is 0. The molecule has 11 nitrogen and oxygen atoms in total. The molecule has 0 aromatic carbocycles. The zero-order valence-electron chi connectivity index (χ0n) is 7.97. The van der Waals surface area contributed by atoms with Crippen molar-refractivity contribution in [2.45, 2.75) is 0 Å². The van der Waals surface area contributed by atoms with Crippen LogP contribution >= 0.6 is 0 Å². The Kier molecular flexibility index (Phi) is 3.07. The predicted octanol–water partition coefficient (Wildman–Crippen LogP) is -1.68. The largest absolute Gasteiger partial charge is 0.412 e. The molecule has 2 aromatic heterocycles. The van der Waals surface area contributed by atoms with Crippen LogP contribution in [0.4, 0.5) is 11.9 Å². The van der Waals surface area contributed by atoms with E-state index in [1.54, 1.807) is 14.1 Å². The van der Waals surface area contributed by atoms with Crippen molar-refractivity contribution in [2.75, 3.05) is 0 Å². The molecule has 2 rings (SSSR count). The molecule has 0 saturated heterocycles. The molecule has 2 heterocycles. The van der Waals surface area contributed by atoms with Crippen LogP contribution in [0.2, 0.25) is 0 Å². The molecule has 0 spiro atoms. The average Bonchev–Trinajstić information content (AvgIpc) is 2.72. The molecule has 0 fully saturated rings. The van der Waals surface area contributed by atoms with Gasteiger partial charge in [0.05, 0.1) is 0 Å². The number of aryl methyl sites for hydroxylation is 2. The Hall–Kier alpha value is -2.30. The van der Waals surface area contributed by atoms with Crippen molar-refractivity contribution in [3.8, 4) is 0 Å². The molecule has 11 heteroatoms. The lowest BCUT2D eigenvalue weighted by Crippen LogP contribution is -1.90. The third-order valence-electron chi connectivity index (χ3n) is 1.42. The summed E-state index contributed by atoms with van der Waals surface area (Å²) in [6, 6.07) is 0. The molecule has 0 aliphatic carbocycles. The van der Waals surface area contributed by atoms with E-state index in [9.17, 15) is 0 Å². The van der Waals surface area contributed by atoms with Crippen LogP contribution in [0.3, 0.4) is 0 Å². The number of nitrogens with zero attached hydrogens (tertiary/aromatic N) is 10. The number of tetrazole rings is 2. The molecule has 0 unspecified atom stereocenters. The third kappa shape index (κ3) is 2.14. The normalized spacial score (nSPS) is 10.5. The van der Waals surface area contributed by atoms with Gasteiger partial charge in [0.25, 0.3) is 11.9 Å². The number of hydrogen-bond acceptors (Lipinski definition) is 8. The van der Waals surface area contributed by atoms with E-state index in [1.807, 2.05) is 0 Å². The van der Waals surface area contributed by atoms with Gasteiger partial charge in [0.2, 0.25) is 0 Å². The maximum Gasteiger partial charge on any atom is 0.287 e. The molecule has 0 amide bonds. The summed E-state index contributed by atoms with van der Waals surface area (Å²) in [5, 5.41) is 28.7. The minimum atomic E-state index is 0. The highest BCUT2D eigenvalue weighted by Gasteiger charge is 2.01. The first-order valence-corrected chi connectivity index (χ1v) is 3.64.